The highest BCUT2D eigenvalue weighted by atomic mass is 16.3. The van der Waals surface area contributed by atoms with Crippen LogP contribution in [0.25, 0.3) is 0 Å². The smallest absolute Gasteiger partial charge is 0.181 e. The van der Waals surface area contributed by atoms with Crippen molar-refractivity contribution in [2.75, 3.05) is 5.73 Å². The van der Waals surface area contributed by atoms with Crippen LogP contribution in [-0.2, 0) is 13.0 Å². The number of carbonyl (C=O) groups excluding carboxylic acids is 1. The summed E-state index contributed by atoms with van der Waals surface area (Å²) in [5, 5.41) is 8.92. The van der Waals surface area contributed by atoms with Crippen molar-refractivity contribution in [1.82, 2.24) is 4.98 Å². The van der Waals surface area contributed by atoms with Crippen molar-refractivity contribution in [3.8, 4) is 0 Å². The van der Waals surface area contributed by atoms with Crippen molar-refractivity contribution in [3.63, 3.8) is 0 Å². The summed E-state index contributed by atoms with van der Waals surface area (Å²) in [6, 6.07) is 1.64. The molecule has 2 rings (SSSR count). The van der Waals surface area contributed by atoms with Crippen LogP contribution in [-0.4, -0.2) is 15.9 Å². The number of aliphatic hydroxyl groups is 1. The number of aliphatic hydroxyl groups excluding tert-OH is 1. The summed E-state index contributed by atoms with van der Waals surface area (Å²) in [6.07, 6.45) is 2.19. The molecule has 0 radical (unpaired) electrons. The first-order chi connectivity index (χ1) is 6.72. The molecule has 3 N–H and O–H groups in total. The zero-order valence-electron chi connectivity index (χ0n) is 7.79. The number of aromatic nitrogens is 1. The Morgan fingerprint density at radius 1 is 1.50 bits per heavy atom. The molecule has 0 unspecified atom stereocenters. The number of rotatable bonds is 1. The number of hydrogen-bond acceptors (Lipinski definition) is 4. The Hall–Kier alpha value is -1.42. The fourth-order valence-corrected chi connectivity index (χ4v) is 1.77. The third kappa shape index (κ3) is 1.37. The van der Waals surface area contributed by atoms with Crippen molar-refractivity contribution in [3.05, 3.63) is 23.0 Å². The second-order valence-electron chi connectivity index (χ2n) is 3.46. The molecule has 1 aliphatic rings. The van der Waals surface area contributed by atoms with Gasteiger partial charge in [-0.1, -0.05) is 0 Å². The standard InChI is InChI=1S/C10H12N2O2/c11-8-4-6(5-13)12-10-7(8)2-1-3-9(10)14/h4,13H,1-3,5H2,(H2,11,12). The molecule has 1 aromatic heterocycles. The number of nitrogens with zero attached hydrogens (tertiary/aromatic N) is 1. The number of hydrogen-bond donors (Lipinski definition) is 2. The Balaban J connectivity index is 2.57. The van der Waals surface area contributed by atoms with Crippen LogP contribution in [0.4, 0.5) is 5.69 Å². The lowest BCUT2D eigenvalue weighted by atomic mass is 9.93. The topological polar surface area (TPSA) is 76.2 Å². The number of nitrogens with two attached hydrogens (primary N) is 1. The molecule has 0 fully saturated rings. The average Bonchev–Trinajstić information content (AvgIpc) is 2.19. The lowest BCUT2D eigenvalue weighted by Crippen LogP contribution is -2.16. The van der Waals surface area contributed by atoms with Gasteiger partial charge >= 0.3 is 0 Å². The summed E-state index contributed by atoms with van der Waals surface area (Å²) in [5.74, 6) is 0.0354. The van der Waals surface area contributed by atoms with E-state index in [-0.39, 0.29) is 12.4 Å². The summed E-state index contributed by atoms with van der Waals surface area (Å²) in [4.78, 5) is 15.6. The summed E-state index contributed by atoms with van der Waals surface area (Å²) >= 11 is 0. The van der Waals surface area contributed by atoms with Gasteiger partial charge in [0.25, 0.3) is 0 Å². The van der Waals surface area contributed by atoms with Crippen LogP contribution >= 0.6 is 0 Å². The van der Waals surface area contributed by atoms with E-state index in [2.05, 4.69) is 4.98 Å². The van der Waals surface area contributed by atoms with E-state index < -0.39 is 0 Å². The van der Waals surface area contributed by atoms with Gasteiger partial charge in [-0.25, -0.2) is 4.98 Å². The zero-order valence-corrected chi connectivity index (χ0v) is 7.79. The number of ketones is 1. The molecule has 0 aliphatic heterocycles. The fourth-order valence-electron chi connectivity index (χ4n) is 1.77. The van der Waals surface area contributed by atoms with E-state index in [0.717, 1.165) is 18.4 Å². The summed E-state index contributed by atoms with van der Waals surface area (Å²) in [6.45, 7) is -0.176. The van der Waals surface area contributed by atoms with Crippen LogP contribution in [0.5, 0.6) is 0 Å². The molecule has 1 aliphatic carbocycles. The highest BCUT2D eigenvalue weighted by Gasteiger charge is 2.21. The van der Waals surface area contributed by atoms with Gasteiger partial charge in [0.1, 0.15) is 5.69 Å². The Kier molecular flexibility index (Phi) is 2.21. The lowest BCUT2D eigenvalue weighted by Gasteiger charge is -2.16. The number of nitrogen functional groups attached to an aromatic ring is 1. The van der Waals surface area contributed by atoms with Gasteiger partial charge in [0.2, 0.25) is 0 Å². The number of pyridine rings is 1. The van der Waals surface area contributed by atoms with Crippen molar-refractivity contribution in [2.45, 2.75) is 25.9 Å². The molecule has 0 amide bonds. The van der Waals surface area contributed by atoms with Gasteiger partial charge in [0, 0.05) is 17.7 Å². The van der Waals surface area contributed by atoms with E-state index in [0.29, 0.717) is 23.5 Å². The molecule has 4 heteroatoms. The summed E-state index contributed by atoms with van der Waals surface area (Å²) in [7, 11) is 0. The van der Waals surface area contributed by atoms with Crippen LogP contribution in [0.2, 0.25) is 0 Å². The fraction of sp³-hybridized carbons (Fsp3) is 0.400. The predicted octanol–water partition coefficient (Wildman–Crippen LogP) is 0.675. The Morgan fingerprint density at radius 3 is 3.00 bits per heavy atom. The maximum absolute atomic E-state index is 11.5. The third-order valence-corrected chi connectivity index (χ3v) is 2.47. The molecular weight excluding hydrogens is 180 g/mol. The van der Waals surface area contributed by atoms with E-state index in [1.54, 1.807) is 6.07 Å². The first-order valence-corrected chi connectivity index (χ1v) is 4.64. The van der Waals surface area contributed by atoms with E-state index in [1.165, 1.54) is 0 Å². The highest BCUT2D eigenvalue weighted by Crippen LogP contribution is 2.25. The second-order valence-corrected chi connectivity index (χ2v) is 3.46. The minimum absolute atomic E-state index is 0.0354. The van der Waals surface area contributed by atoms with Crippen LogP contribution < -0.4 is 5.73 Å². The van der Waals surface area contributed by atoms with E-state index in [1.807, 2.05) is 0 Å². The molecule has 74 valence electrons. The molecule has 0 atom stereocenters. The number of carbonyl (C=O) groups is 1. The quantitative estimate of drug-likeness (QED) is 0.685. The van der Waals surface area contributed by atoms with Gasteiger partial charge in [-0.15, -0.1) is 0 Å². The van der Waals surface area contributed by atoms with Crippen molar-refractivity contribution in [2.24, 2.45) is 0 Å². The molecule has 14 heavy (non-hydrogen) atoms. The zero-order chi connectivity index (χ0) is 10.1. The molecule has 0 saturated carbocycles. The van der Waals surface area contributed by atoms with Crippen LogP contribution in [0, 0.1) is 0 Å². The maximum Gasteiger partial charge on any atom is 0.181 e. The van der Waals surface area contributed by atoms with Crippen LogP contribution in [0.15, 0.2) is 6.07 Å². The molecule has 0 aromatic carbocycles. The molecule has 0 saturated heterocycles. The molecule has 1 heterocycles. The first kappa shape index (κ1) is 9.15. The lowest BCUT2D eigenvalue weighted by molar-refractivity contribution is 0.0966. The van der Waals surface area contributed by atoms with Crippen LogP contribution in [0.1, 0.15) is 34.6 Å². The van der Waals surface area contributed by atoms with E-state index in [4.69, 9.17) is 10.8 Å². The number of Topliss-reactive ketones (excluding diaryl/α,β-unsaturated/α-hetero) is 1. The first-order valence-electron chi connectivity index (χ1n) is 4.64. The minimum Gasteiger partial charge on any atom is -0.398 e. The van der Waals surface area contributed by atoms with Crippen molar-refractivity contribution in [1.29, 1.82) is 0 Å². The van der Waals surface area contributed by atoms with Gasteiger partial charge in [-0.3, -0.25) is 4.79 Å². The SMILES string of the molecule is Nc1cc(CO)nc2c1CCCC2=O. The third-order valence-electron chi connectivity index (χ3n) is 2.47. The molecule has 1 aromatic rings. The van der Waals surface area contributed by atoms with E-state index >= 15 is 0 Å². The molecular formula is C10H12N2O2. The Bertz CT molecular complexity index is 388. The summed E-state index contributed by atoms with van der Waals surface area (Å²) < 4.78 is 0. The number of anilines is 1. The van der Waals surface area contributed by atoms with Gasteiger partial charge in [-0.2, -0.15) is 0 Å². The monoisotopic (exact) mass is 192 g/mol. The maximum atomic E-state index is 11.5. The second kappa shape index (κ2) is 3.38. The van der Waals surface area contributed by atoms with Gasteiger partial charge in [0.15, 0.2) is 5.78 Å². The highest BCUT2D eigenvalue weighted by molar-refractivity contribution is 5.97. The van der Waals surface area contributed by atoms with Crippen LogP contribution in [0.3, 0.4) is 0 Å². The largest absolute Gasteiger partial charge is 0.398 e. The minimum atomic E-state index is -0.176. The van der Waals surface area contributed by atoms with Crippen molar-refractivity contribution < 1.29 is 9.90 Å². The van der Waals surface area contributed by atoms with E-state index in [9.17, 15) is 4.79 Å². The predicted molar refractivity (Wildman–Crippen MR) is 51.8 cm³/mol. The van der Waals surface area contributed by atoms with Crippen molar-refractivity contribution >= 4 is 11.5 Å². The average molecular weight is 192 g/mol. The normalized spacial score (nSPS) is 15.4. The van der Waals surface area contributed by atoms with Gasteiger partial charge < -0.3 is 10.8 Å². The summed E-state index contributed by atoms with van der Waals surface area (Å²) in [5.41, 5.74) is 8.13. The molecule has 0 bridgehead atoms. The number of fused-ring (bicyclic) bond motifs is 1. The van der Waals surface area contributed by atoms with Gasteiger partial charge in [-0.05, 0) is 18.9 Å². The van der Waals surface area contributed by atoms with Gasteiger partial charge in [0.05, 0.1) is 12.3 Å². The Morgan fingerprint density at radius 2 is 2.29 bits per heavy atom. The molecule has 4 nitrogen and oxygen atoms in total. The Labute approximate surface area is 81.8 Å². The molecule has 0 spiro atoms.